The molecule has 96 valence electrons. The summed E-state index contributed by atoms with van der Waals surface area (Å²) in [5.41, 5.74) is 7.95. The van der Waals surface area contributed by atoms with Crippen LogP contribution in [0.3, 0.4) is 0 Å². The summed E-state index contributed by atoms with van der Waals surface area (Å²) >= 11 is 0. The van der Waals surface area contributed by atoms with Gasteiger partial charge in [0, 0.05) is 19.7 Å². The number of rotatable bonds is 6. The average Bonchev–Trinajstić information content (AvgIpc) is 2.76. The standard InChI is InChI=1S/C14H19N3O/c1-17-11-13(10-16-17)6-8-18-14-4-2-3-12(9-14)5-7-15/h2-4,9-11H,5-8,15H2,1H3. The topological polar surface area (TPSA) is 53.1 Å². The highest BCUT2D eigenvalue weighted by Gasteiger charge is 1.99. The minimum Gasteiger partial charge on any atom is -0.493 e. The van der Waals surface area contributed by atoms with Crippen molar-refractivity contribution in [2.45, 2.75) is 12.8 Å². The van der Waals surface area contributed by atoms with Crippen LogP contribution in [-0.4, -0.2) is 22.9 Å². The molecule has 0 fully saturated rings. The van der Waals surface area contributed by atoms with Crippen molar-refractivity contribution in [1.82, 2.24) is 9.78 Å². The molecule has 0 unspecified atom stereocenters. The number of hydrogen-bond donors (Lipinski definition) is 1. The third-order valence-electron chi connectivity index (χ3n) is 2.75. The molecule has 1 aromatic carbocycles. The molecule has 0 amide bonds. The maximum atomic E-state index is 5.73. The van der Waals surface area contributed by atoms with E-state index in [2.05, 4.69) is 17.2 Å². The first-order valence-corrected chi connectivity index (χ1v) is 6.17. The van der Waals surface area contributed by atoms with Gasteiger partial charge in [-0.1, -0.05) is 12.1 Å². The molecular weight excluding hydrogens is 226 g/mol. The van der Waals surface area contributed by atoms with Crippen molar-refractivity contribution in [3.63, 3.8) is 0 Å². The van der Waals surface area contributed by atoms with Crippen molar-refractivity contribution in [1.29, 1.82) is 0 Å². The van der Waals surface area contributed by atoms with Crippen molar-refractivity contribution in [2.24, 2.45) is 12.8 Å². The minimum absolute atomic E-state index is 0.664. The molecule has 2 aromatic rings. The van der Waals surface area contributed by atoms with E-state index in [0.717, 1.165) is 18.6 Å². The van der Waals surface area contributed by atoms with Gasteiger partial charge in [0.25, 0.3) is 0 Å². The van der Waals surface area contributed by atoms with Gasteiger partial charge in [-0.2, -0.15) is 5.10 Å². The quantitative estimate of drug-likeness (QED) is 0.840. The van der Waals surface area contributed by atoms with Crippen LogP contribution in [0.1, 0.15) is 11.1 Å². The zero-order chi connectivity index (χ0) is 12.8. The molecule has 0 saturated heterocycles. The second-order valence-electron chi connectivity index (χ2n) is 4.31. The van der Waals surface area contributed by atoms with Gasteiger partial charge < -0.3 is 10.5 Å². The largest absolute Gasteiger partial charge is 0.493 e. The van der Waals surface area contributed by atoms with E-state index in [1.807, 2.05) is 31.6 Å². The summed E-state index contributed by atoms with van der Waals surface area (Å²) in [5.74, 6) is 0.907. The lowest BCUT2D eigenvalue weighted by Gasteiger charge is -2.07. The van der Waals surface area contributed by atoms with Crippen molar-refractivity contribution in [2.75, 3.05) is 13.2 Å². The molecule has 1 aromatic heterocycles. The summed E-state index contributed by atoms with van der Waals surface area (Å²) in [6, 6.07) is 8.10. The first kappa shape index (κ1) is 12.6. The Morgan fingerprint density at radius 3 is 2.89 bits per heavy atom. The first-order valence-electron chi connectivity index (χ1n) is 6.17. The van der Waals surface area contributed by atoms with Crippen LogP contribution in [-0.2, 0) is 19.9 Å². The Morgan fingerprint density at radius 1 is 1.28 bits per heavy atom. The second-order valence-corrected chi connectivity index (χ2v) is 4.31. The molecule has 0 saturated carbocycles. The third kappa shape index (κ3) is 3.60. The second kappa shape index (κ2) is 6.21. The van der Waals surface area contributed by atoms with Crippen molar-refractivity contribution in [3.05, 3.63) is 47.8 Å². The Bertz CT molecular complexity index is 493. The van der Waals surface area contributed by atoms with Gasteiger partial charge in [-0.3, -0.25) is 4.68 Å². The molecule has 4 nitrogen and oxygen atoms in total. The van der Waals surface area contributed by atoms with Crippen molar-refractivity contribution < 1.29 is 4.74 Å². The fraction of sp³-hybridized carbons (Fsp3) is 0.357. The summed E-state index contributed by atoms with van der Waals surface area (Å²) < 4.78 is 7.53. The number of aromatic nitrogens is 2. The number of nitrogens with zero attached hydrogens (tertiary/aromatic N) is 2. The lowest BCUT2D eigenvalue weighted by Crippen LogP contribution is -2.04. The van der Waals surface area contributed by atoms with Crippen LogP contribution >= 0.6 is 0 Å². The van der Waals surface area contributed by atoms with E-state index in [4.69, 9.17) is 10.5 Å². The molecule has 0 aliphatic carbocycles. The zero-order valence-electron chi connectivity index (χ0n) is 10.7. The van der Waals surface area contributed by atoms with Crippen LogP contribution in [0.15, 0.2) is 36.7 Å². The number of hydrogen-bond acceptors (Lipinski definition) is 3. The van der Waals surface area contributed by atoms with Crippen LogP contribution in [0.5, 0.6) is 5.75 Å². The van der Waals surface area contributed by atoms with E-state index in [1.54, 1.807) is 4.68 Å². The van der Waals surface area contributed by atoms with E-state index in [0.29, 0.717) is 13.2 Å². The molecule has 0 spiro atoms. The van der Waals surface area contributed by atoms with Gasteiger partial charge in [0.05, 0.1) is 12.8 Å². The van der Waals surface area contributed by atoms with E-state index >= 15 is 0 Å². The van der Waals surface area contributed by atoms with E-state index in [1.165, 1.54) is 11.1 Å². The molecule has 0 atom stereocenters. The lowest BCUT2D eigenvalue weighted by molar-refractivity contribution is 0.321. The Kier molecular flexibility index (Phi) is 4.36. The van der Waals surface area contributed by atoms with Crippen LogP contribution in [0, 0.1) is 0 Å². The Labute approximate surface area is 107 Å². The fourth-order valence-corrected chi connectivity index (χ4v) is 1.85. The SMILES string of the molecule is Cn1cc(CCOc2cccc(CCN)c2)cn1. The summed E-state index contributed by atoms with van der Waals surface area (Å²) in [4.78, 5) is 0. The van der Waals surface area contributed by atoms with E-state index < -0.39 is 0 Å². The predicted molar refractivity (Wildman–Crippen MR) is 71.6 cm³/mol. The molecule has 1 heterocycles. The van der Waals surface area contributed by atoms with Gasteiger partial charge in [0.15, 0.2) is 0 Å². The maximum absolute atomic E-state index is 5.73. The minimum atomic E-state index is 0.664. The van der Waals surface area contributed by atoms with Gasteiger partial charge in [-0.15, -0.1) is 0 Å². The highest BCUT2D eigenvalue weighted by molar-refractivity contribution is 5.28. The van der Waals surface area contributed by atoms with Gasteiger partial charge in [0.2, 0.25) is 0 Å². The van der Waals surface area contributed by atoms with E-state index in [9.17, 15) is 0 Å². The summed E-state index contributed by atoms with van der Waals surface area (Å²) in [7, 11) is 1.92. The van der Waals surface area contributed by atoms with Gasteiger partial charge >= 0.3 is 0 Å². The smallest absolute Gasteiger partial charge is 0.119 e. The van der Waals surface area contributed by atoms with Gasteiger partial charge in [-0.25, -0.2) is 0 Å². The van der Waals surface area contributed by atoms with Crippen molar-refractivity contribution >= 4 is 0 Å². The van der Waals surface area contributed by atoms with Crippen molar-refractivity contribution in [3.8, 4) is 5.75 Å². The summed E-state index contributed by atoms with van der Waals surface area (Å²) in [6.07, 6.45) is 5.64. The first-order chi connectivity index (χ1) is 8.78. The Balaban J connectivity index is 1.84. The third-order valence-corrected chi connectivity index (χ3v) is 2.75. The lowest BCUT2D eigenvalue weighted by atomic mass is 10.1. The number of nitrogens with two attached hydrogens (primary N) is 1. The van der Waals surface area contributed by atoms with Crippen LogP contribution in [0.25, 0.3) is 0 Å². The predicted octanol–water partition coefficient (Wildman–Crippen LogP) is 1.54. The zero-order valence-corrected chi connectivity index (χ0v) is 10.7. The summed E-state index contributed by atoms with van der Waals surface area (Å²) in [5, 5.41) is 4.13. The van der Waals surface area contributed by atoms with Gasteiger partial charge in [-0.05, 0) is 36.2 Å². The molecule has 4 heteroatoms. The summed E-state index contributed by atoms with van der Waals surface area (Å²) in [6.45, 7) is 1.33. The highest BCUT2D eigenvalue weighted by atomic mass is 16.5. The molecule has 2 N–H and O–H groups in total. The van der Waals surface area contributed by atoms with Gasteiger partial charge in [0.1, 0.15) is 5.75 Å². The Morgan fingerprint density at radius 2 is 2.17 bits per heavy atom. The molecule has 0 aliphatic heterocycles. The average molecular weight is 245 g/mol. The molecule has 0 radical (unpaired) electrons. The molecule has 2 rings (SSSR count). The normalized spacial score (nSPS) is 10.6. The van der Waals surface area contributed by atoms with Crippen LogP contribution in [0.4, 0.5) is 0 Å². The fourth-order valence-electron chi connectivity index (χ4n) is 1.85. The maximum Gasteiger partial charge on any atom is 0.119 e. The number of benzene rings is 1. The number of ether oxygens (including phenoxy) is 1. The molecule has 18 heavy (non-hydrogen) atoms. The number of aryl methyl sites for hydroxylation is 1. The molecule has 0 bridgehead atoms. The monoisotopic (exact) mass is 245 g/mol. The Hall–Kier alpha value is -1.81. The van der Waals surface area contributed by atoms with Crippen LogP contribution in [0.2, 0.25) is 0 Å². The van der Waals surface area contributed by atoms with E-state index in [-0.39, 0.29) is 0 Å². The molecular formula is C14H19N3O. The highest BCUT2D eigenvalue weighted by Crippen LogP contribution is 2.14. The molecule has 0 aliphatic rings. The van der Waals surface area contributed by atoms with Crippen LogP contribution < -0.4 is 10.5 Å².